The average molecular weight is 332 g/mol. The summed E-state index contributed by atoms with van der Waals surface area (Å²) in [6.45, 7) is 3.55. The van der Waals surface area contributed by atoms with E-state index in [0.717, 1.165) is 25.8 Å². The molecule has 2 atom stereocenters. The Morgan fingerprint density at radius 2 is 2.09 bits per heavy atom. The Labute approximate surface area is 141 Å². The van der Waals surface area contributed by atoms with Crippen molar-refractivity contribution in [2.75, 3.05) is 13.1 Å². The van der Waals surface area contributed by atoms with Gasteiger partial charge in [0.2, 0.25) is 11.8 Å². The van der Waals surface area contributed by atoms with Crippen molar-refractivity contribution in [1.29, 1.82) is 0 Å². The van der Waals surface area contributed by atoms with Crippen LogP contribution in [0.1, 0.15) is 55.5 Å². The number of hydrogen-bond donors (Lipinski definition) is 0. The molecule has 5 heteroatoms. The number of carbonyl (C=O) groups is 2. The summed E-state index contributed by atoms with van der Waals surface area (Å²) in [5, 5.41) is 2.12. The van der Waals surface area contributed by atoms with E-state index in [1.807, 2.05) is 9.80 Å². The molecule has 0 radical (unpaired) electrons. The normalized spacial score (nSPS) is 28.5. The molecule has 4 nitrogen and oxygen atoms in total. The zero-order valence-electron chi connectivity index (χ0n) is 13.7. The largest absolute Gasteiger partial charge is 0.339 e. The van der Waals surface area contributed by atoms with E-state index in [1.54, 1.807) is 11.3 Å². The Hall–Kier alpha value is -1.36. The minimum Gasteiger partial charge on any atom is -0.339 e. The fourth-order valence-corrected chi connectivity index (χ4v) is 5.47. The first-order chi connectivity index (χ1) is 11.1. The van der Waals surface area contributed by atoms with Crippen LogP contribution in [0.4, 0.5) is 0 Å². The van der Waals surface area contributed by atoms with Gasteiger partial charge in [-0.3, -0.25) is 9.59 Å². The van der Waals surface area contributed by atoms with Crippen molar-refractivity contribution in [2.24, 2.45) is 5.92 Å². The van der Waals surface area contributed by atoms with E-state index in [4.69, 9.17) is 0 Å². The molecule has 3 aliphatic rings. The van der Waals surface area contributed by atoms with Crippen LogP contribution in [0.2, 0.25) is 0 Å². The summed E-state index contributed by atoms with van der Waals surface area (Å²) < 4.78 is 0. The van der Waals surface area contributed by atoms with Crippen LogP contribution in [0.15, 0.2) is 11.4 Å². The summed E-state index contributed by atoms with van der Waals surface area (Å²) in [4.78, 5) is 30.8. The molecule has 0 aromatic carbocycles. The minimum absolute atomic E-state index is 0.134. The van der Waals surface area contributed by atoms with Crippen LogP contribution < -0.4 is 0 Å². The van der Waals surface area contributed by atoms with Crippen molar-refractivity contribution < 1.29 is 9.59 Å². The maximum Gasteiger partial charge on any atom is 0.228 e. The molecule has 0 N–H and O–H groups in total. The first-order valence-electron chi connectivity index (χ1n) is 8.81. The van der Waals surface area contributed by atoms with E-state index >= 15 is 0 Å². The van der Waals surface area contributed by atoms with Crippen molar-refractivity contribution >= 4 is 23.2 Å². The summed E-state index contributed by atoms with van der Waals surface area (Å²) in [6, 6.07) is 2.69. The molecule has 4 rings (SSSR count). The van der Waals surface area contributed by atoms with Gasteiger partial charge in [-0.05, 0) is 43.2 Å². The third kappa shape index (κ3) is 2.59. The quantitative estimate of drug-likeness (QED) is 0.835. The van der Waals surface area contributed by atoms with Gasteiger partial charge >= 0.3 is 0 Å². The number of thiophene rings is 1. The van der Waals surface area contributed by atoms with Gasteiger partial charge in [0.15, 0.2) is 0 Å². The molecule has 1 saturated heterocycles. The van der Waals surface area contributed by atoms with Gasteiger partial charge in [-0.2, -0.15) is 0 Å². The molecule has 124 valence electrons. The number of amides is 2. The predicted octanol–water partition coefficient (Wildman–Crippen LogP) is 2.98. The van der Waals surface area contributed by atoms with E-state index in [2.05, 4.69) is 18.4 Å². The van der Waals surface area contributed by atoms with Gasteiger partial charge in [-0.15, -0.1) is 11.3 Å². The van der Waals surface area contributed by atoms with Crippen molar-refractivity contribution in [1.82, 2.24) is 9.80 Å². The fourth-order valence-electron chi connectivity index (χ4n) is 4.51. The second-order valence-corrected chi connectivity index (χ2v) is 8.14. The van der Waals surface area contributed by atoms with Gasteiger partial charge in [0.25, 0.3) is 0 Å². The molecule has 1 aliphatic carbocycles. The molecular formula is C18H24N2O2S. The monoisotopic (exact) mass is 332 g/mol. The van der Waals surface area contributed by atoms with Crippen molar-refractivity contribution in [2.45, 2.75) is 57.5 Å². The Morgan fingerprint density at radius 1 is 1.30 bits per heavy atom. The van der Waals surface area contributed by atoms with Crippen molar-refractivity contribution in [3.05, 3.63) is 21.9 Å². The van der Waals surface area contributed by atoms with E-state index in [1.165, 1.54) is 23.3 Å². The second-order valence-electron chi connectivity index (χ2n) is 7.14. The van der Waals surface area contributed by atoms with Gasteiger partial charge in [0, 0.05) is 30.4 Å². The number of carbonyl (C=O) groups excluding carboxylic acids is 2. The van der Waals surface area contributed by atoms with Gasteiger partial charge in [-0.1, -0.05) is 12.8 Å². The maximum atomic E-state index is 13.0. The highest BCUT2D eigenvalue weighted by Gasteiger charge is 2.41. The SMILES string of the molecule is CC1c2ccsc2CCN1C(=O)C1CC(=O)N(C2CCCC2)C1. The standard InChI is InChI=1S/C18H24N2O2S/c1-12-15-7-9-23-16(15)6-8-19(12)18(22)13-10-17(21)20(11-13)14-4-2-3-5-14/h7,9,12-14H,2-6,8,10-11H2,1H3. The summed E-state index contributed by atoms with van der Waals surface area (Å²) in [5.41, 5.74) is 1.30. The lowest BCUT2D eigenvalue weighted by molar-refractivity contribution is -0.138. The lowest BCUT2D eigenvalue weighted by atomic mass is 9.98. The smallest absolute Gasteiger partial charge is 0.228 e. The van der Waals surface area contributed by atoms with E-state index in [-0.39, 0.29) is 23.8 Å². The molecule has 3 heterocycles. The fraction of sp³-hybridized carbons (Fsp3) is 0.667. The molecule has 1 saturated carbocycles. The van der Waals surface area contributed by atoms with Crippen LogP contribution in [-0.4, -0.2) is 40.7 Å². The molecule has 2 unspecified atom stereocenters. The minimum atomic E-state index is -0.134. The summed E-state index contributed by atoms with van der Waals surface area (Å²) >= 11 is 1.79. The number of likely N-dealkylation sites (tertiary alicyclic amines) is 1. The van der Waals surface area contributed by atoms with Crippen LogP contribution >= 0.6 is 11.3 Å². The summed E-state index contributed by atoms with van der Waals surface area (Å²) in [7, 11) is 0. The second kappa shape index (κ2) is 5.93. The van der Waals surface area contributed by atoms with Gasteiger partial charge in [-0.25, -0.2) is 0 Å². The highest BCUT2D eigenvalue weighted by Crippen LogP contribution is 2.36. The third-order valence-electron chi connectivity index (χ3n) is 5.83. The number of hydrogen-bond acceptors (Lipinski definition) is 3. The predicted molar refractivity (Wildman–Crippen MR) is 90.2 cm³/mol. The van der Waals surface area contributed by atoms with Crippen molar-refractivity contribution in [3.8, 4) is 0 Å². The van der Waals surface area contributed by atoms with E-state index in [9.17, 15) is 9.59 Å². The summed E-state index contributed by atoms with van der Waals surface area (Å²) in [5.74, 6) is 0.241. The number of fused-ring (bicyclic) bond motifs is 1. The molecule has 0 bridgehead atoms. The highest BCUT2D eigenvalue weighted by molar-refractivity contribution is 7.10. The molecule has 1 aromatic heterocycles. The van der Waals surface area contributed by atoms with Crippen LogP contribution in [0, 0.1) is 5.92 Å². The molecular weight excluding hydrogens is 308 g/mol. The molecule has 2 aliphatic heterocycles. The van der Waals surface area contributed by atoms with Crippen LogP contribution in [-0.2, 0) is 16.0 Å². The van der Waals surface area contributed by atoms with E-state index < -0.39 is 0 Å². The summed E-state index contributed by atoms with van der Waals surface area (Å²) in [6.07, 6.45) is 6.04. The molecule has 1 aromatic rings. The van der Waals surface area contributed by atoms with Crippen LogP contribution in [0.25, 0.3) is 0 Å². The Balaban J connectivity index is 1.46. The zero-order valence-corrected chi connectivity index (χ0v) is 14.5. The maximum absolute atomic E-state index is 13.0. The lowest BCUT2D eigenvalue weighted by Gasteiger charge is -2.35. The molecule has 0 spiro atoms. The number of nitrogens with zero attached hydrogens (tertiary/aromatic N) is 2. The zero-order chi connectivity index (χ0) is 16.0. The van der Waals surface area contributed by atoms with Crippen LogP contribution in [0.3, 0.4) is 0 Å². The molecule has 2 fully saturated rings. The first-order valence-corrected chi connectivity index (χ1v) is 9.69. The van der Waals surface area contributed by atoms with Gasteiger partial charge < -0.3 is 9.80 Å². The molecule has 23 heavy (non-hydrogen) atoms. The average Bonchev–Trinajstić information content (AvgIpc) is 3.27. The Bertz CT molecular complexity index is 620. The number of rotatable bonds is 2. The Kier molecular flexibility index (Phi) is 3.92. The molecule has 2 amide bonds. The highest BCUT2D eigenvalue weighted by atomic mass is 32.1. The van der Waals surface area contributed by atoms with Gasteiger partial charge in [0.05, 0.1) is 12.0 Å². The van der Waals surface area contributed by atoms with Crippen molar-refractivity contribution in [3.63, 3.8) is 0 Å². The van der Waals surface area contributed by atoms with Crippen LogP contribution in [0.5, 0.6) is 0 Å². The first kappa shape index (κ1) is 15.2. The third-order valence-corrected chi connectivity index (χ3v) is 6.83. The van der Waals surface area contributed by atoms with E-state index in [0.29, 0.717) is 19.0 Å². The lowest BCUT2D eigenvalue weighted by Crippen LogP contribution is -2.43. The topological polar surface area (TPSA) is 40.6 Å². The Morgan fingerprint density at radius 3 is 2.87 bits per heavy atom. The van der Waals surface area contributed by atoms with Gasteiger partial charge in [0.1, 0.15) is 0 Å².